The number of carbonyl (C=O) groups is 1. The van der Waals surface area contributed by atoms with Gasteiger partial charge in [0.15, 0.2) is 0 Å². The maximum Gasteiger partial charge on any atom is 0.230 e. The summed E-state index contributed by atoms with van der Waals surface area (Å²) in [6, 6.07) is 8.45. The van der Waals surface area contributed by atoms with Crippen molar-refractivity contribution in [2.24, 2.45) is 11.8 Å². The molecule has 2 fully saturated rings. The molecule has 0 saturated carbocycles. The predicted molar refractivity (Wildman–Crippen MR) is 102 cm³/mol. The molecular weight excluding hydrogens is 310 g/mol. The van der Waals surface area contributed by atoms with Gasteiger partial charge in [0.2, 0.25) is 5.91 Å². The van der Waals surface area contributed by atoms with Crippen LogP contribution in [0, 0.1) is 11.8 Å². The largest absolute Gasteiger partial charge is 0.374 e. The van der Waals surface area contributed by atoms with Gasteiger partial charge >= 0.3 is 0 Å². The summed E-state index contributed by atoms with van der Waals surface area (Å²) in [7, 11) is 4.35. The van der Waals surface area contributed by atoms with Gasteiger partial charge in [0, 0.05) is 32.4 Å². The minimum absolute atomic E-state index is 0.0589. The first-order chi connectivity index (χ1) is 12.1. The van der Waals surface area contributed by atoms with Gasteiger partial charge < -0.3 is 14.7 Å². The molecule has 0 bridgehead atoms. The summed E-state index contributed by atoms with van der Waals surface area (Å²) < 4.78 is 0. The molecule has 136 valence electrons. The van der Waals surface area contributed by atoms with Crippen LogP contribution in [0.4, 0.5) is 5.69 Å². The highest BCUT2D eigenvalue weighted by atomic mass is 16.2. The van der Waals surface area contributed by atoms with Crippen LogP contribution in [0.2, 0.25) is 0 Å². The molecule has 2 saturated heterocycles. The molecule has 4 nitrogen and oxygen atoms in total. The Morgan fingerprint density at radius 2 is 1.64 bits per heavy atom. The van der Waals surface area contributed by atoms with E-state index in [1.54, 1.807) is 0 Å². The van der Waals surface area contributed by atoms with Crippen LogP contribution in [-0.4, -0.2) is 62.5 Å². The highest BCUT2D eigenvalue weighted by Crippen LogP contribution is 2.38. The number of hydrogen-bond donors (Lipinski definition) is 0. The Kier molecular flexibility index (Phi) is 4.72. The van der Waals surface area contributed by atoms with Crippen LogP contribution in [0.5, 0.6) is 0 Å². The summed E-state index contributed by atoms with van der Waals surface area (Å²) in [6.07, 6.45) is 4.76. The van der Waals surface area contributed by atoms with Gasteiger partial charge in [-0.15, -0.1) is 0 Å². The lowest BCUT2D eigenvalue weighted by molar-refractivity contribution is -0.132. The molecule has 0 spiro atoms. The number of piperidine rings is 1. The van der Waals surface area contributed by atoms with E-state index in [-0.39, 0.29) is 5.92 Å². The summed E-state index contributed by atoms with van der Waals surface area (Å²) in [4.78, 5) is 20.1. The van der Waals surface area contributed by atoms with Gasteiger partial charge in [0.05, 0.1) is 5.92 Å². The second-order valence-electron chi connectivity index (χ2n) is 8.30. The number of carbonyl (C=O) groups excluding carboxylic acids is 1. The quantitative estimate of drug-likeness (QED) is 0.828. The SMILES string of the molecule is CN1CCC(C2CCN(C(=O)C3CCN(C)c4ccccc43)C2)CC1. The summed E-state index contributed by atoms with van der Waals surface area (Å²) in [5, 5.41) is 0. The fraction of sp³-hybridized carbons (Fsp3) is 0.667. The molecule has 1 aromatic rings. The molecule has 0 aliphatic carbocycles. The molecule has 0 N–H and O–H groups in total. The lowest BCUT2D eigenvalue weighted by Crippen LogP contribution is -2.39. The summed E-state index contributed by atoms with van der Waals surface area (Å²) in [6.45, 7) is 5.36. The third kappa shape index (κ3) is 3.29. The first-order valence-electron chi connectivity index (χ1n) is 9.91. The first kappa shape index (κ1) is 16.9. The highest BCUT2D eigenvalue weighted by molar-refractivity contribution is 5.86. The summed E-state index contributed by atoms with van der Waals surface area (Å²) in [5.41, 5.74) is 2.46. The Labute approximate surface area is 151 Å². The number of nitrogens with zero attached hydrogens (tertiary/aromatic N) is 3. The normalized spacial score (nSPS) is 28.2. The van der Waals surface area contributed by atoms with Gasteiger partial charge in [-0.2, -0.15) is 0 Å². The number of anilines is 1. The van der Waals surface area contributed by atoms with Crippen LogP contribution >= 0.6 is 0 Å². The topological polar surface area (TPSA) is 26.8 Å². The molecule has 0 aromatic heterocycles. The Balaban J connectivity index is 1.43. The molecule has 4 heteroatoms. The number of hydrogen-bond acceptors (Lipinski definition) is 3. The van der Waals surface area contributed by atoms with Crippen molar-refractivity contribution in [2.45, 2.75) is 31.6 Å². The van der Waals surface area contributed by atoms with Gasteiger partial charge in [-0.25, -0.2) is 0 Å². The zero-order chi connectivity index (χ0) is 17.4. The fourth-order valence-corrected chi connectivity index (χ4v) is 5.08. The number of benzene rings is 1. The average Bonchev–Trinajstić information content (AvgIpc) is 3.12. The molecule has 3 aliphatic heterocycles. The Hall–Kier alpha value is -1.55. The van der Waals surface area contributed by atoms with E-state index in [0.29, 0.717) is 5.91 Å². The van der Waals surface area contributed by atoms with Crippen LogP contribution in [0.1, 0.15) is 37.2 Å². The van der Waals surface area contributed by atoms with E-state index in [1.165, 1.54) is 43.6 Å². The summed E-state index contributed by atoms with van der Waals surface area (Å²) >= 11 is 0. The van der Waals surface area contributed by atoms with E-state index in [2.05, 4.69) is 53.1 Å². The molecule has 3 heterocycles. The molecule has 2 atom stereocenters. The van der Waals surface area contributed by atoms with Crippen LogP contribution in [0.3, 0.4) is 0 Å². The maximum atomic E-state index is 13.2. The zero-order valence-electron chi connectivity index (χ0n) is 15.7. The van der Waals surface area contributed by atoms with Gasteiger partial charge in [-0.1, -0.05) is 18.2 Å². The van der Waals surface area contributed by atoms with E-state index < -0.39 is 0 Å². The Morgan fingerprint density at radius 3 is 2.44 bits per heavy atom. The third-order valence-corrected chi connectivity index (χ3v) is 6.74. The molecule has 1 aromatic carbocycles. The van der Waals surface area contributed by atoms with E-state index in [0.717, 1.165) is 37.9 Å². The van der Waals surface area contributed by atoms with Crippen LogP contribution in [0.15, 0.2) is 24.3 Å². The standard InChI is InChI=1S/C21H31N3O/c1-22-11-7-16(8-12-22)17-9-14-24(15-17)21(25)19-10-13-23(2)20-6-4-3-5-18(19)20/h3-6,16-17,19H,7-15H2,1-2H3. The smallest absolute Gasteiger partial charge is 0.230 e. The number of fused-ring (bicyclic) bond motifs is 1. The molecule has 25 heavy (non-hydrogen) atoms. The van der Waals surface area contributed by atoms with Gasteiger partial charge in [0.25, 0.3) is 0 Å². The van der Waals surface area contributed by atoms with E-state index >= 15 is 0 Å². The Morgan fingerprint density at radius 1 is 0.920 bits per heavy atom. The zero-order valence-corrected chi connectivity index (χ0v) is 15.7. The number of para-hydroxylation sites is 1. The summed E-state index contributed by atoms with van der Waals surface area (Å²) in [5.74, 6) is 1.97. The number of likely N-dealkylation sites (tertiary alicyclic amines) is 2. The van der Waals surface area contributed by atoms with Crippen molar-refractivity contribution in [2.75, 3.05) is 51.7 Å². The van der Waals surface area contributed by atoms with Crippen LogP contribution in [0.25, 0.3) is 0 Å². The number of rotatable bonds is 2. The molecule has 4 rings (SSSR count). The second-order valence-corrected chi connectivity index (χ2v) is 8.30. The van der Waals surface area contributed by atoms with Crippen molar-refractivity contribution in [3.63, 3.8) is 0 Å². The first-order valence-corrected chi connectivity index (χ1v) is 9.91. The van der Waals surface area contributed by atoms with Crippen molar-refractivity contribution in [3.8, 4) is 0 Å². The molecule has 2 unspecified atom stereocenters. The van der Waals surface area contributed by atoms with Crippen LogP contribution in [-0.2, 0) is 4.79 Å². The predicted octanol–water partition coefficient (Wildman–Crippen LogP) is 2.80. The van der Waals surface area contributed by atoms with Crippen molar-refractivity contribution in [1.82, 2.24) is 9.80 Å². The minimum atomic E-state index is 0.0589. The van der Waals surface area contributed by atoms with Crippen LogP contribution < -0.4 is 4.90 Å². The van der Waals surface area contributed by atoms with E-state index in [4.69, 9.17) is 0 Å². The molecule has 0 radical (unpaired) electrons. The van der Waals surface area contributed by atoms with E-state index in [9.17, 15) is 4.79 Å². The lowest BCUT2D eigenvalue weighted by Gasteiger charge is -2.35. The highest BCUT2D eigenvalue weighted by Gasteiger charge is 2.37. The van der Waals surface area contributed by atoms with Crippen molar-refractivity contribution < 1.29 is 4.79 Å². The molecular formula is C21H31N3O. The van der Waals surface area contributed by atoms with Gasteiger partial charge in [-0.05, 0) is 69.3 Å². The van der Waals surface area contributed by atoms with Crippen molar-refractivity contribution in [3.05, 3.63) is 29.8 Å². The van der Waals surface area contributed by atoms with Crippen molar-refractivity contribution >= 4 is 11.6 Å². The molecule has 3 aliphatic rings. The second kappa shape index (κ2) is 6.99. The fourth-order valence-electron chi connectivity index (χ4n) is 5.08. The van der Waals surface area contributed by atoms with E-state index in [1.807, 2.05) is 0 Å². The minimum Gasteiger partial charge on any atom is -0.374 e. The number of amides is 1. The maximum absolute atomic E-state index is 13.2. The lowest BCUT2D eigenvalue weighted by atomic mass is 9.84. The monoisotopic (exact) mass is 341 g/mol. The third-order valence-electron chi connectivity index (χ3n) is 6.74. The Bertz CT molecular complexity index is 623. The molecule has 1 amide bonds. The van der Waals surface area contributed by atoms with Crippen molar-refractivity contribution in [1.29, 1.82) is 0 Å². The van der Waals surface area contributed by atoms with Gasteiger partial charge in [0.1, 0.15) is 0 Å². The average molecular weight is 341 g/mol. The van der Waals surface area contributed by atoms with Gasteiger partial charge in [-0.3, -0.25) is 4.79 Å².